The lowest BCUT2D eigenvalue weighted by molar-refractivity contribution is -0.142. The van der Waals surface area contributed by atoms with E-state index in [-0.39, 0.29) is 24.1 Å². The number of amides is 1. The molecule has 0 bridgehead atoms. The number of nitrogens with one attached hydrogen (secondary N) is 1. The second-order valence-electron chi connectivity index (χ2n) is 6.20. The molecule has 0 aliphatic heterocycles. The molecule has 10 heteroatoms. The minimum Gasteiger partial charge on any atom is -0.494 e. The highest BCUT2D eigenvalue weighted by Gasteiger charge is 2.13. The summed E-state index contributed by atoms with van der Waals surface area (Å²) < 4.78 is 10.4. The highest BCUT2D eigenvalue weighted by Crippen LogP contribution is 2.27. The Morgan fingerprint density at radius 2 is 2.06 bits per heavy atom. The van der Waals surface area contributed by atoms with Crippen LogP contribution in [-0.4, -0.2) is 40.8 Å². The van der Waals surface area contributed by atoms with E-state index in [0.717, 1.165) is 5.39 Å². The Morgan fingerprint density at radius 3 is 2.81 bits per heavy atom. The Bertz CT molecular complexity index is 1140. The monoisotopic (exact) mass is 456 g/mol. The Hall–Kier alpha value is -3.16. The van der Waals surface area contributed by atoms with Crippen molar-refractivity contribution in [1.82, 2.24) is 9.97 Å². The molecule has 2 heterocycles. The van der Waals surface area contributed by atoms with Crippen LogP contribution in [0.1, 0.15) is 25.1 Å². The van der Waals surface area contributed by atoms with Crippen LogP contribution in [0.3, 0.4) is 0 Å². The number of thiazole rings is 1. The van der Waals surface area contributed by atoms with E-state index in [0.29, 0.717) is 45.9 Å². The second kappa shape index (κ2) is 10.7. The highest BCUT2D eigenvalue weighted by atomic mass is 32.2. The van der Waals surface area contributed by atoms with Gasteiger partial charge >= 0.3 is 5.97 Å². The standard InChI is InChI=1S/C21H20N4O4S2/c1-3-28-16-5-6-17-13(8-16)7-14(10-22)20(24-17)30-12-18(26)25-21-23-15(11-31-21)9-19(27)29-4-2/h5-8,11H,3-4,9,12H2,1-2H3,(H,23,25,26). The SMILES string of the molecule is CCOC(=O)Cc1csc(NC(=O)CSc2nc3ccc(OCC)cc3cc2C#N)n1. The molecule has 160 valence electrons. The summed E-state index contributed by atoms with van der Waals surface area (Å²) in [6.07, 6.45) is 0.0620. The third kappa shape index (κ3) is 6.16. The van der Waals surface area contributed by atoms with Crippen LogP contribution in [0.2, 0.25) is 0 Å². The van der Waals surface area contributed by atoms with Gasteiger partial charge in [-0.1, -0.05) is 11.8 Å². The van der Waals surface area contributed by atoms with Crippen LogP contribution in [-0.2, 0) is 20.7 Å². The summed E-state index contributed by atoms with van der Waals surface area (Å²) in [5.74, 6) is 0.142. The Labute approximate surface area is 187 Å². The van der Waals surface area contributed by atoms with Gasteiger partial charge < -0.3 is 14.8 Å². The summed E-state index contributed by atoms with van der Waals surface area (Å²) in [6.45, 7) is 4.50. The zero-order chi connectivity index (χ0) is 22.2. The van der Waals surface area contributed by atoms with Crippen LogP contribution in [0.15, 0.2) is 34.7 Å². The molecule has 1 N–H and O–H groups in total. The summed E-state index contributed by atoms with van der Waals surface area (Å²) in [5, 5.41) is 15.6. The van der Waals surface area contributed by atoms with Crippen molar-refractivity contribution in [2.75, 3.05) is 24.3 Å². The van der Waals surface area contributed by atoms with Gasteiger partial charge in [-0.15, -0.1) is 11.3 Å². The molecule has 0 aliphatic carbocycles. The Kier molecular flexibility index (Phi) is 7.81. The van der Waals surface area contributed by atoms with Crippen LogP contribution >= 0.6 is 23.1 Å². The van der Waals surface area contributed by atoms with Crippen LogP contribution in [0.25, 0.3) is 10.9 Å². The highest BCUT2D eigenvalue weighted by molar-refractivity contribution is 8.00. The fourth-order valence-corrected chi connectivity index (χ4v) is 4.17. The van der Waals surface area contributed by atoms with Crippen molar-refractivity contribution >= 4 is 51.0 Å². The molecular weight excluding hydrogens is 436 g/mol. The zero-order valence-corrected chi connectivity index (χ0v) is 18.6. The molecule has 0 saturated carbocycles. The number of fused-ring (bicyclic) bond motifs is 1. The first kappa shape index (κ1) is 22.5. The number of hydrogen-bond donors (Lipinski definition) is 1. The molecule has 0 atom stereocenters. The van der Waals surface area contributed by atoms with Crippen molar-refractivity contribution in [2.24, 2.45) is 0 Å². The van der Waals surface area contributed by atoms with E-state index in [1.807, 2.05) is 25.1 Å². The van der Waals surface area contributed by atoms with Gasteiger partial charge in [0.05, 0.1) is 42.2 Å². The normalized spacial score (nSPS) is 10.5. The number of carbonyl (C=O) groups is 2. The summed E-state index contributed by atoms with van der Waals surface area (Å²) in [7, 11) is 0. The van der Waals surface area contributed by atoms with E-state index >= 15 is 0 Å². The van der Waals surface area contributed by atoms with Gasteiger partial charge in [-0.3, -0.25) is 9.59 Å². The van der Waals surface area contributed by atoms with Gasteiger partial charge in [-0.05, 0) is 38.1 Å². The van der Waals surface area contributed by atoms with Crippen LogP contribution < -0.4 is 10.1 Å². The lowest BCUT2D eigenvalue weighted by Crippen LogP contribution is -2.14. The number of benzene rings is 1. The largest absolute Gasteiger partial charge is 0.494 e. The van der Waals surface area contributed by atoms with Crippen molar-refractivity contribution in [1.29, 1.82) is 5.26 Å². The molecule has 0 aliphatic rings. The van der Waals surface area contributed by atoms with Gasteiger partial charge in [0.2, 0.25) is 5.91 Å². The maximum Gasteiger partial charge on any atom is 0.311 e. The predicted octanol–water partition coefficient (Wildman–Crippen LogP) is 3.80. The lowest BCUT2D eigenvalue weighted by Gasteiger charge is -2.08. The molecule has 1 amide bonds. The quantitative estimate of drug-likeness (QED) is 0.382. The summed E-state index contributed by atoms with van der Waals surface area (Å²) in [4.78, 5) is 32.6. The van der Waals surface area contributed by atoms with Crippen molar-refractivity contribution in [3.05, 3.63) is 40.9 Å². The number of aromatic nitrogens is 2. The van der Waals surface area contributed by atoms with Gasteiger partial charge in [-0.2, -0.15) is 5.26 Å². The molecular formula is C21H20N4O4S2. The molecule has 0 saturated heterocycles. The third-order valence-electron chi connectivity index (χ3n) is 3.95. The van der Waals surface area contributed by atoms with E-state index < -0.39 is 0 Å². The first-order valence-electron chi connectivity index (χ1n) is 9.52. The van der Waals surface area contributed by atoms with E-state index in [2.05, 4.69) is 21.4 Å². The molecule has 31 heavy (non-hydrogen) atoms. The fraction of sp³-hybridized carbons (Fsp3) is 0.286. The fourth-order valence-electron chi connectivity index (χ4n) is 2.68. The molecule has 2 aromatic heterocycles. The molecule has 0 spiro atoms. The number of hydrogen-bond acceptors (Lipinski definition) is 9. The number of nitriles is 1. The van der Waals surface area contributed by atoms with E-state index in [1.54, 1.807) is 18.4 Å². The number of carbonyl (C=O) groups excluding carboxylic acids is 2. The zero-order valence-electron chi connectivity index (χ0n) is 17.0. The summed E-state index contributed by atoms with van der Waals surface area (Å²) in [5.41, 5.74) is 1.65. The lowest BCUT2D eigenvalue weighted by atomic mass is 10.1. The number of ether oxygens (including phenoxy) is 2. The minimum atomic E-state index is -0.360. The van der Waals surface area contributed by atoms with Gasteiger partial charge in [0, 0.05) is 10.8 Å². The van der Waals surface area contributed by atoms with Gasteiger partial charge in [0.1, 0.15) is 16.8 Å². The van der Waals surface area contributed by atoms with Crippen molar-refractivity contribution in [3.63, 3.8) is 0 Å². The number of pyridine rings is 1. The first-order valence-corrected chi connectivity index (χ1v) is 11.4. The number of rotatable bonds is 9. The Morgan fingerprint density at radius 1 is 1.23 bits per heavy atom. The maximum absolute atomic E-state index is 12.3. The topological polar surface area (TPSA) is 114 Å². The molecule has 3 rings (SSSR count). The van der Waals surface area contributed by atoms with Crippen molar-refractivity contribution in [2.45, 2.75) is 25.3 Å². The van der Waals surface area contributed by atoms with E-state index in [1.165, 1.54) is 23.1 Å². The number of esters is 1. The average molecular weight is 457 g/mol. The van der Waals surface area contributed by atoms with Gasteiger partial charge in [-0.25, -0.2) is 9.97 Å². The van der Waals surface area contributed by atoms with Crippen molar-refractivity contribution < 1.29 is 19.1 Å². The van der Waals surface area contributed by atoms with Crippen LogP contribution in [0, 0.1) is 11.3 Å². The van der Waals surface area contributed by atoms with Crippen molar-refractivity contribution in [3.8, 4) is 11.8 Å². The third-order valence-corrected chi connectivity index (χ3v) is 5.75. The van der Waals surface area contributed by atoms with E-state index in [4.69, 9.17) is 9.47 Å². The van der Waals surface area contributed by atoms with Gasteiger partial charge in [0.15, 0.2) is 5.13 Å². The van der Waals surface area contributed by atoms with Gasteiger partial charge in [0.25, 0.3) is 0 Å². The van der Waals surface area contributed by atoms with Crippen LogP contribution in [0.4, 0.5) is 5.13 Å². The average Bonchev–Trinajstić information content (AvgIpc) is 3.18. The molecule has 1 aromatic carbocycles. The molecule has 8 nitrogen and oxygen atoms in total. The second-order valence-corrected chi connectivity index (χ2v) is 8.03. The first-order chi connectivity index (χ1) is 15.0. The maximum atomic E-state index is 12.3. The molecule has 0 radical (unpaired) electrons. The summed E-state index contributed by atoms with van der Waals surface area (Å²) >= 11 is 2.41. The number of thioether (sulfide) groups is 1. The molecule has 0 unspecified atom stereocenters. The van der Waals surface area contributed by atoms with Crippen LogP contribution in [0.5, 0.6) is 5.75 Å². The summed E-state index contributed by atoms with van der Waals surface area (Å²) in [6, 6.07) is 9.36. The number of nitrogens with zero attached hydrogens (tertiary/aromatic N) is 3. The predicted molar refractivity (Wildman–Crippen MR) is 119 cm³/mol. The Balaban J connectivity index is 1.63. The number of anilines is 1. The molecule has 0 fully saturated rings. The minimum absolute atomic E-state index is 0.0620. The van der Waals surface area contributed by atoms with E-state index in [9.17, 15) is 14.9 Å². The molecule has 3 aromatic rings. The smallest absolute Gasteiger partial charge is 0.311 e.